The van der Waals surface area contributed by atoms with Crippen molar-refractivity contribution in [2.75, 3.05) is 0 Å². The third-order valence-corrected chi connectivity index (χ3v) is 3.22. The molecule has 0 saturated carbocycles. The molecule has 2 rings (SSSR count). The molecule has 0 spiro atoms. The van der Waals surface area contributed by atoms with Crippen LogP contribution in [0.15, 0.2) is 29.2 Å². The molecule has 2 aromatic heterocycles. The van der Waals surface area contributed by atoms with Crippen molar-refractivity contribution in [1.82, 2.24) is 15.1 Å². The van der Waals surface area contributed by atoms with Gasteiger partial charge in [0.1, 0.15) is 6.26 Å². The highest BCUT2D eigenvalue weighted by Gasteiger charge is 2.20. The van der Waals surface area contributed by atoms with Crippen LogP contribution < -0.4 is 5.32 Å². The SMILES string of the molecule is Cc1nn(C(C)(C)C)cc1C(C)NC(=O)c1ccoc1. The van der Waals surface area contributed by atoms with Crippen LogP contribution in [0.2, 0.25) is 0 Å². The molecule has 5 heteroatoms. The summed E-state index contributed by atoms with van der Waals surface area (Å²) in [5, 5.41) is 7.47. The van der Waals surface area contributed by atoms with Gasteiger partial charge in [0.2, 0.25) is 0 Å². The molecule has 1 N–H and O–H groups in total. The summed E-state index contributed by atoms with van der Waals surface area (Å²) >= 11 is 0. The van der Waals surface area contributed by atoms with Gasteiger partial charge in [-0.05, 0) is 40.7 Å². The van der Waals surface area contributed by atoms with E-state index in [4.69, 9.17) is 4.42 Å². The van der Waals surface area contributed by atoms with Crippen LogP contribution in [-0.2, 0) is 5.54 Å². The van der Waals surface area contributed by atoms with Crippen LogP contribution in [0.5, 0.6) is 0 Å². The van der Waals surface area contributed by atoms with Crippen LogP contribution in [0.1, 0.15) is 55.4 Å². The summed E-state index contributed by atoms with van der Waals surface area (Å²) in [4.78, 5) is 12.0. The molecule has 2 aromatic rings. The zero-order chi connectivity index (χ0) is 14.9. The molecule has 0 aliphatic carbocycles. The summed E-state index contributed by atoms with van der Waals surface area (Å²) in [6.07, 6.45) is 4.92. The Kier molecular flexibility index (Phi) is 3.70. The molecule has 1 unspecified atom stereocenters. The molecule has 0 radical (unpaired) electrons. The molecule has 0 aliphatic rings. The molecule has 0 aromatic carbocycles. The lowest BCUT2D eigenvalue weighted by Gasteiger charge is -2.19. The van der Waals surface area contributed by atoms with Gasteiger partial charge < -0.3 is 9.73 Å². The number of carbonyl (C=O) groups excluding carboxylic acids is 1. The van der Waals surface area contributed by atoms with Gasteiger partial charge in [0.25, 0.3) is 5.91 Å². The first kappa shape index (κ1) is 14.4. The summed E-state index contributed by atoms with van der Waals surface area (Å²) in [6, 6.07) is 1.54. The van der Waals surface area contributed by atoms with Crippen LogP contribution in [0.25, 0.3) is 0 Å². The topological polar surface area (TPSA) is 60.1 Å². The van der Waals surface area contributed by atoms with E-state index >= 15 is 0 Å². The Morgan fingerprint density at radius 2 is 2.15 bits per heavy atom. The van der Waals surface area contributed by atoms with Gasteiger partial charge in [0, 0.05) is 11.8 Å². The van der Waals surface area contributed by atoms with E-state index in [0.29, 0.717) is 5.56 Å². The van der Waals surface area contributed by atoms with Gasteiger partial charge >= 0.3 is 0 Å². The highest BCUT2D eigenvalue weighted by molar-refractivity contribution is 5.94. The van der Waals surface area contributed by atoms with E-state index in [1.807, 2.05) is 24.7 Å². The van der Waals surface area contributed by atoms with Gasteiger partial charge in [0.05, 0.1) is 29.1 Å². The number of aromatic nitrogens is 2. The lowest BCUT2D eigenvalue weighted by molar-refractivity contribution is 0.0939. The molecule has 108 valence electrons. The standard InChI is InChI=1S/C15H21N3O2/c1-10(16-14(19)12-6-7-20-9-12)13-8-18(15(3,4)5)17-11(13)2/h6-10H,1-5H3,(H,16,19). The highest BCUT2D eigenvalue weighted by atomic mass is 16.3. The van der Waals surface area contributed by atoms with E-state index in [1.165, 1.54) is 12.5 Å². The Morgan fingerprint density at radius 1 is 1.45 bits per heavy atom. The minimum Gasteiger partial charge on any atom is -0.472 e. The summed E-state index contributed by atoms with van der Waals surface area (Å²) in [5.41, 5.74) is 2.41. The van der Waals surface area contributed by atoms with E-state index in [-0.39, 0.29) is 17.5 Å². The number of carbonyl (C=O) groups is 1. The molecule has 5 nitrogen and oxygen atoms in total. The largest absolute Gasteiger partial charge is 0.472 e. The average Bonchev–Trinajstić information content (AvgIpc) is 2.95. The van der Waals surface area contributed by atoms with Gasteiger partial charge in [-0.1, -0.05) is 0 Å². The first-order valence-corrected chi connectivity index (χ1v) is 6.69. The molecule has 1 atom stereocenters. The fourth-order valence-electron chi connectivity index (χ4n) is 1.99. The maximum atomic E-state index is 12.0. The maximum Gasteiger partial charge on any atom is 0.255 e. The number of rotatable bonds is 3. The highest BCUT2D eigenvalue weighted by Crippen LogP contribution is 2.21. The van der Waals surface area contributed by atoms with Crippen LogP contribution in [0, 0.1) is 6.92 Å². The predicted octanol–water partition coefficient (Wildman–Crippen LogP) is 3.03. The minimum atomic E-state index is -0.144. The van der Waals surface area contributed by atoms with Crippen molar-refractivity contribution in [1.29, 1.82) is 0 Å². The predicted molar refractivity (Wildman–Crippen MR) is 76.5 cm³/mol. The number of nitrogens with one attached hydrogen (secondary N) is 1. The molecular formula is C15H21N3O2. The Hall–Kier alpha value is -2.04. The number of furan rings is 1. The molecule has 1 amide bonds. The van der Waals surface area contributed by atoms with Crippen LogP contribution in [-0.4, -0.2) is 15.7 Å². The second kappa shape index (κ2) is 5.15. The van der Waals surface area contributed by atoms with Gasteiger partial charge in [-0.15, -0.1) is 0 Å². The van der Waals surface area contributed by atoms with E-state index < -0.39 is 0 Å². The fraction of sp³-hybridized carbons (Fsp3) is 0.467. The summed E-state index contributed by atoms with van der Waals surface area (Å²) < 4.78 is 6.85. The Labute approximate surface area is 119 Å². The summed E-state index contributed by atoms with van der Waals surface area (Å²) in [5.74, 6) is -0.144. The van der Waals surface area contributed by atoms with Crippen LogP contribution in [0.4, 0.5) is 0 Å². The van der Waals surface area contributed by atoms with E-state index in [9.17, 15) is 4.79 Å². The number of aryl methyl sites for hydroxylation is 1. The number of amides is 1. The summed E-state index contributed by atoms with van der Waals surface area (Å²) in [6.45, 7) is 10.2. The first-order chi connectivity index (χ1) is 9.29. The van der Waals surface area contributed by atoms with Crippen LogP contribution in [0.3, 0.4) is 0 Å². The van der Waals surface area contributed by atoms with Gasteiger partial charge in [0.15, 0.2) is 0 Å². The summed E-state index contributed by atoms with van der Waals surface area (Å²) in [7, 11) is 0. The zero-order valence-corrected chi connectivity index (χ0v) is 12.6. The van der Waals surface area contributed by atoms with Gasteiger partial charge in [-0.2, -0.15) is 5.10 Å². The van der Waals surface area contributed by atoms with Crippen molar-refractivity contribution < 1.29 is 9.21 Å². The Bertz CT molecular complexity index is 591. The van der Waals surface area contributed by atoms with Crippen molar-refractivity contribution in [2.24, 2.45) is 0 Å². The minimum absolute atomic E-state index is 0.0721. The van der Waals surface area contributed by atoms with Crippen molar-refractivity contribution in [3.63, 3.8) is 0 Å². The third-order valence-electron chi connectivity index (χ3n) is 3.22. The van der Waals surface area contributed by atoms with Gasteiger partial charge in [-0.25, -0.2) is 0 Å². The Morgan fingerprint density at radius 3 is 2.65 bits per heavy atom. The van der Waals surface area contributed by atoms with E-state index in [1.54, 1.807) is 6.07 Å². The number of nitrogens with zero attached hydrogens (tertiary/aromatic N) is 2. The molecule has 0 saturated heterocycles. The quantitative estimate of drug-likeness (QED) is 0.936. The normalized spacial score (nSPS) is 13.2. The fourth-order valence-corrected chi connectivity index (χ4v) is 1.99. The molecular weight excluding hydrogens is 254 g/mol. The lowest BCUT2D eigenvalue weighted by Crippen LogP contribution is -2.26. The van der Waals surface area contributed by atoms with E-state index in [2.05, 4.69) is 31.2 Å². The third kappa shape index (κ3) is 2.92. The number of hydrogen-bond acceptors (Lipinski definition) is 3. The molecule has 0 fully saturated rings. The monoisotopic (exact) mass is 275 g/mol. The average molecular weight is 275 g/mol. The van der Waals surface area contributed by atoms with E-state index in [0.717, 1.165) is 11.3 Å². The lowest BCUT2D eigenvalue weighted by atomic mass is 10.1. The van der Waals surface area contributed by atoms with Crippen molar-refractivity contribution >= 4 is 5.91 Å². The smallest absolute Gasteiger partial charge is 0.255 e. The Balaban J connectivity index is 2.15. The van der Waals surface area contributed by atoms with Crippen molar-refractivity contribution in [2.45, 2.75) is 46.2 Å². The first-order valence-electron chi connectivity index (χ1n) is 6.69. The molecule has 20 heavy (non-hydrogen) atoms. The molecule has 0 aliphatic heterocycles. The number of hydrogen-bond donors (Lipinski definition) is 1. The van der Waals surface area contributed by atoms with Crippen LogP contribution >= 0.6 is 0 Å². The zero-order valence-electron chi connectivity index (χ0n) is 12.6. The van der Waals surface area contributed by atoms with Crippen molar-refractivity contribution in [3.8, 4) is 0 Å². The maximum absolute atomic E-state index is 12.0. The second-order valence-corrected chi connectivity index (χ2v) is 5.99. The molecule has 0 bridgehead atoms. The van der Waals surface area contributed by atoms with Crippen molar-refractivity contribution in [3.05, 3.63) is 41.6 Å². The molecule has 2 heterocycles. The second-order valence-electron chi connectivity index (χ2n) is 5.99. The van der Waals surface area contributed by atoms with Gasteiger partial charge in [-0.3, -0.25) is 9.48 Å².